The molecule has 0 atom stereocenters. The molecule has 0 radical (unpaired) electrons. The molecule has 1 aromatic rings. The van der Waals surface area contributed by atoms with Crippen LogP contribution >= 0.6 is 11.6 Å². The zero-order chi connectivity index (χ0) is 14.2. The van der Waals surface area contributed by atoms with Gasteiger partial charge in [0.15, 0.2) is 0 Å². The fourth-order valence-corrected chi connectivity index (χ4v) is 2.28. The van der Waals surface area contributed by atoms with E-state index in [1.165, 1.54) is 19.2 Å². The second kappa shape index (κ2) is 4.74. The number of hydrogen-bond acceptors (Lipinski definition) is 5. The molecule has 0 aromatic heterocycles. The SMILES string of the molecule is COC(=O)c1cc2c(cc1Cl)OC(C)(C)CC2=NO. The van der Waals surface area contributed by atoms with E-state index >= 15 is 0 Å². The zero-order valence-electron chi connectivity index (χ0n) is 10.9. The Hall–Kier alpha value is -1.75. The van der Waals surface area contributed by atoms with E-state index in [0.29, 0.717) is 23.4 Å². The van der Waals surface area contributed by atoms with E-state index in [-0.39, 0.29) is 10.6 Å². The lowest BCUT2D eigenvalue weighted by Crippen LogP contribution is -2.36. The van der Waals surface area contributed by atoms with Crippen molar-refractivity contribution in [2.45, 2.75) is 25.9 Å². The third kappa shape index (κ3) is 2.51. The van der Waals surface area contributed by atoms with E-state index in [1.54, 1.807) is 0 Å². The van der Waals surface area contributed by atoms with Gasteiger partial charge in [0.1, 0.15) is 11.4 Å². The Kier molecular flexibility index (Phi) is 3.41. The van der Waals surface area contributed by atoms with Crippen molar-refractivity contribution in [3.8, 4) is 5.75 Å². The molecule has 102 valence electrons. The Labute approximate surface area is 115 Å². The maximum Gasteiger partial charge on any atom is 0.339 e. The van der Waals surface area contributed by atoms with Gasteiger partial charge in [-0.3, -0.25) is 0 Å². The van der Waals surface area contributed by atoms with E-state index in [0.717, 1.165) is 0 Å². The van der Waals surface area contributed by atoms with Crippen molar-refractivity contribution in [3.63, 3.8) is 0 Å². The summed E-state index contributed by atoms with van der Waals surface area (Å²) in [5.74, 6) is -0.0587. The van der Waals surface area contributed by atoms with Crippen LogP contribution in [0.3, 0.4) is 0 Å². The molecule has 0 spiro atoms. The number of methoxy groups -OCH3 is 1. The number of hydrogen-bond donors (Lipinski definition) is 1. The molecule has 0 fully saturated rings. The first-order valence-corrected chi connectivity index (χ1v) is 6.08. The van der Waals surface area contributed by atoms with Gasteiger partial charge in [0.05, 0.1) is 23.4 Å². The van der Waals surface area contributed by atoms with Crippen LogP contribution in [-0.4, -0.2) is 29.6 Å². The number of fused-ring (bicyclic) bond motifs is 1. The summed E-state index contributed by atoms with van der Waals surface area (Å²) in [6, 6.07) is 3.06. The summed E-state index contributed by atoms with van der Waals surface area (Å²) in [4.78, 5) is 11.6. The van der Waals surface area contributed by atoms with Crippen LogP contribution in [0.5, 0.6) is 5.75 Å². The van der Waals surface area contributed by atoms with Crippen molar-refractivity contribution in [2.75, 3.05) is 7.11 Å². The average Bonchev–Trinajstić information content (AvgIpc) is 2.35. The third-order valence-corrected chi connectivity index (χ3v) is 3.20. The topological polar surface area (TPSA) is 68.1 Å². The molecule has 1 heterocycles. The van der Waals surface area contributed by atoms with E-state index in [1.807, 2.05) is 13.8 Å². The van der Waals surface area contributed by atoms with Gasteiger partial charge in [0.25, 0.3) is 0 Å². The van der Waals surface area contributed by atoms with E-state index < -0.39 is 11.6 Å². The Morgan fingerprint density at radius 2 is 2.21 bits per heavy atom. The highest BCUT2D eigenvalue weighted by Gasteiger charge is 2.33. The summed E-state index contributed by atoms with van der Waals surface area (Å²) < 4.78 is 10.4. The predicted octanol–water partition coefficient (Wildman–Crippen LogP) is 2.87. The Morgan fingerprint density at radius 1 is 1.53 bits per heavy atom. The molecule has 1 aliphatic heterocycles. The van der Waals surface area contributed by atoms with Crippen LogP contribution in [0.1, 0.15) is 36.2 Å². The minimum atomic E-state index is -0.546. The molecule has 0 amide bonds. The summed E-state index contributed by atoms with van der Waals surface area (Å²) >= 11 is 6.04. The molecule has 2 rings (SSSR count). The van der Waals surface area contributed by atoms with Crippen LogP contribution in [0.25, 0.3) is 0 Å². The van der Waals surface area contributed by atoms with Gasteiger partial charge in [-0.1, -0.05) is 16.8 Å². The molecule has 5 nitrogen and oxygen atoms in total. The second-order valence-corrected chi connectivity index (χ2v) is 5.31. The van der Waals surface area contributed by atoms with Gasteiger partial charge in [0, 0.05) is 18.1 Å². The maximum absolute atomic E-state index is 11.6. The number of carbonyl (C=O) groups is 1. The summed E-state index contributed by atoms with van der Waals surface area (Å²) in [5, 5.41) is 12.6. The van der Waals surface area contributed by atoms with Crippen LogP contribution in [0.15, 0.2) is 17.3 Å². The molecular weight excluding hydrogens is 270 g/mol. The van der Waals surface area contributed by atoms with Crippen molar-refractivity contribution >= 4 is 23.3 Å². The first-order chi connectivity index (χ1) is 8.88. The molecule has 19 heavy (non-hydrogen) atoms. The van der Waals surface area contributed by atoms with E-state index in [9.17, 15) is 4.79 Å². The summed E-state index contributed by atoms with van der Waals surface area (Å²) in [6.07, 6.45) is 0.429. The standard InChI is InChI=1S/C13H14ClNO4/c1-13(2)6-10(15-17)8-4-7(12(16)18-3)9(14)5-11(8)19-13/h4-5,17H,6H2,1-3H3. The second-order valence-electron chi connectivity index (χ2n) is 4.91. The highest BCUT2D eigenvalue weighted by Crippen LogP contribution is 2.37. The van der Waals surface area contributed by atoms with Crippen LogP contribution in [0.2, 0.25) is 5.02 Å². The normalized spacial score (nSPS) is 18.6. The fraction of sp³-hybridized carbons (Fsp3) is 0.385. The average molecular weight is 284 g/mol. The van der Waals surface area contributed by atoms with Crippen LogP contribution < -0.4 is 4.74 Å². The van der Waals surface area contributed by atoms with Gasteiger partial charge in [-0.05, 0) is 19.9 Å². The number of benzene rings is 1. The van der Waals surface area contributed by atoms with Gasteiger partial charge >= 0.3 is 5.97 Å². The third-order valence-electron chi connectivity index (χ3n) is 2.89. The van der Waals surface area contributed by atoms with Gasteiger partial charge < -0.3 is 14.7 Å². The van der Waals surface area contributed by atoms with E-state index in [2.05, 4.69) is 9.89 Å². The molecule has 0 unspecified atom stereocenters. The molecule has 0 saturated heterocycles. The molecule has 6 heteroatoms. The number of esters is 1. The Morgan fingerprint density at radius 3 is 2.79 bits per heavy atom. The Balaban J connectivity index is 2.59. The van der Waals surface area contributed by atoms with Crippen LogP contribution in [0, 0.1) is 0 Å². The van der Waals surface area contributed by atoms with Crippen molar-refractivity contribution < 1.29 is 19.5 Å². The quantitative estimate of drug-likeness (QED) is 0.489. The smallest absolute Gasteiger partial charge is 0.339 e. The summed E-state index contributed by atoms with van der Waals surface area (Å²) in [5.41, 5.74) is 0.720. The largest absolute Gasteiger partial charge is 0.487 e. The molecule has 0 saturated carbocycles. The maximum atomic E-state index is 11.6. The van der Waals surface area contributed by atoms with Gasteiger partial charge in [-0.15, -0.1) is 0 Å². The number of nitrogens with zero attached hydrogens (tertiary/aromatic N) is 1. The van der Waals surface area contributed by atoms with Crippen molar-refractivity contribution in [1.82, 2.24) is 0 Å². The molecular formula is C13H14ClNO4. The van der Waals surface area contributed by atoms with Crippen LogP contribution in [0.4, 0.5) is 0 Å². The van der Waals surface area contributed by atoms with Gasteiger partial charge in [-0.2, -0.15) is 0 Å². The zero-order valence-corrected chi connectivity index (χ0v) is 11.6. The number of ether oxygens (including phenoxy) is 2. The highest BCUT2D eigenvalue weighted by molar-refractivity contribution is 6.34. The lowest BCUT2D eigenvalue weighted by molar-refractivity contribution is 0.0600. The summed E-state index contributed by atoms with van der Waals surface area (Å²) in [7, 11) is 1.28. The molecule has 0 aliphatic carbocycles. The number of rotatable bonds is 1. The number of carbonyl (C=O) groups excluding carboxylic acids is 1. The minimum absolute atomic E-state index is 0.215. The molecule has 1 N–H and O–H groups in total. The monoisotopic (exact) mass is 283 g/mol. The fourth-order valence-electron chi connectivity index (χ4n) is 2.05. The van der Waals surface area contributed by atoms with Gasteiger partial charge in [0.2, 0.25) is 0 Å². The number of oxime groups is 1. The van der Waals surface area contributed by atoms with Crippen LogP contribution in [-0.2, 0) is 4.74 Å². The highest BCUT2D eigenvalue weighted by atomic mass is 35.5. The minimum Gasteiger partial charge on any atom is -0.487 e. The van der Waals surface area contributed by atoms with Crippen molar-refractivity contribution in [3.05, 3.63) is 28.3 Å². The molecule has 0 bridgehead atoms. The first kappa shape index (κ1) is 13.7. The molecule has 1 aromatic carbocycles. The van der Waals surface area contributed by atoms with Crippen molar-refractivity contribution in [1.29, 1.82) is 0 Å². The van der Waals surface area contributed by atoms with Crippen molar-refractivity contribution in [2.24, 2.45) is 5.16 Å². The molecule has 1 aliphatic rings. The lowest BCUT2D eigenvalue weighted by Gasteiger charge is -2.33. The Bertz CT molecular complexity index is 566. The van der Waals surface area contributed by atoms with E-state index in [4.69, 9.17) is 21.5 Å². The lowest BCUT2D eigenvalue weighted by atomic mass is 9.91. The summed E-state index contributed by atoms with van der Waals surface area (Å²) in [6.45, 7) is 3.76. The van der Waals surface area contributed by atoms with Gasteiger partial charge in [-0.25, -0.2) is 4.79 Å². The predicted molar refractivity (Wildman–Crippen MR) is 70.4 cm³/mol. The number of halogens is 1. The first-order valence-electron chi connectivity index (χ1n) is 5.70.